The van der Waals surface area contributed by atoms with Crippen LogP contribution in [0.5, 0.6) is 0 Å². The number of rotatable bonds is 5. The molecule has 0 bridgehead atoms. The third kappa shape index (κ3) is 2.20. The second kappa shape index (κ2) is 4.76. The Morgan fingerprint density at radius 3 is 2.85 bits per heavy atom. The summed E-state index contributed by atoms with van der Waals surface area (Å²) in [5.41, 5.74) is 2.07. The average molecular weight is 273 g/mol. The Bertz CT molecular complexity index is 643. The van der Waals surface area contributed by atoms with E-state index in [1.807, 2.05) is 18.2 Å². The third-order valence-corrected chi connectivity index (χ3v) is 3.76. The van der Waals surface area contributed by atoms with Crippen LogP contribution in [0.1, 0.15) is 28.9 Å². The normalized spacial score (nSPS) is 16.1. The van der Waals surface area contributed by atoms with Crippen molar-refractivity contribution in [2.75, 3.05) is 13.7 Å². The molecule has 2 aromatic rings. The summed E-state index contributed by atoms with van der Waals surface area (Å²) >= 11 is 0. The largest absolute Gasteiger partial charge is 0.476 e. The highest BCUT2D eigenvalue weighted by atomic mass is 16.5. The van der Waals surface area contributed by atoms with Gasteiger partial charge >= 0.3 is 5.97 Å². The number of aromatic carboxylic acids is 1. The fourth-order valence-corrected chi connectivity index (χ4v) is 2.46. The number of aromatic nitrogens is 1. The summed E-state index contributed by atoms with van der Waals surface area (Å²) < 4.78 is 10.4. The fourth-order valence-electron chi connectivity index (χ4n) is 2.46. The van der Waals surface area contributed by atoms with E-state index < -0.39 is 5.97 Å². The molecule has 1 N–H and O–H groups in total. The van der Waals surface area contributed by atoms with E-state index in [0.717, 1.165) is 18.4 Å². The van der Waals surface area contributed by atoms with E-state index in [2.05, 4.69) is 11.2 Å². The maximum Gasteiger partial charge on any atom is 0.358 e. The van der Waals surface area contributed by atoms with Gasteiger partial charge in [0.05, 0.1) is 6.61 Å². The van der Waals surface area contributed by atoms with E-state index in [4.69, 9.17) is 14.4 Å². The number of benzene rings is 1. The standard InChI is InChI=1S/C15H15NO4/c1-19-9-15(5-6-15)11-4-2-3-10(7-11)13-8-12(14(17)18)16-20-13/h2-4,7-8H,5-6,9H2,1H3,(H,17,18). The van der Waals surface area contributed by atoms with E-state index in [-0.39, 0.29) is 11.1 Å². The number of carbonyl (C=O) groups is 1. The van der Waals surface area contributed by atoms with Crippen molar-refractivity contribution < 1.29 is 19.2 Å². The van der Waals surface area contributed by atoms with Crippen molar-refractivity contribution in [1.82, 2.24) is 5.16 Å². The van der Waals surface area contributed by atoms with E-state index in [1.165, 1.54) is 11.6 Å². The quantitative estimate of drug-likeness (QED) is 0.906. The molecule has 0 aliphatic heterocycles. The lowest BCUT2D eigenvalue weighted by molar-refractivity contribution is 0.0686. The van der Waals surface area contributed by atoms with Crippen molar-refractivity contribution in [2.24, 2.45) is 0 Å². The van der Waals surface area contributed by atoms with Gasteiger partial charge in [-0.25, -0.2) is 4.79 Å². The molecule has 0 spiro atoms. The van der Waals surface area contributed by atoms with Crippen LogP contribution in [0.25, 0.3) is 11.3 Å². The van der Waals surface area contributed by atoms with E-state index in [9.17, 15) is 4.79 Å². The minimum absolute atomic E-state index is 0.0802. The molecule has 0 atom stereocenters. The number of carboxylic acids is 1. The fraction of sp³-hybridized carbons (Fsp3) is 0.333. The predicted molar refractivity (Wildman–Crippen MR) is 71.7 cm³/mol. The number of hydrogen-bond acceptors (Lipinski definition) is 4. The van der Waals surface area contributed by atoms with Gasteiger partial charge in [0.1, 0.15) is 0 Å². The molecule has 1 aromatic heterocycles. The van der Waals surface area contributed by atoms with Crippen LogP contribution in [-0.2, 0) is 10.2 Å². The predicted octanol–water partition coefficient (Wildman–Crippen LogP) is 2.72. The summed E-state index contributed by atoms with van der Waals surface area (Å²) in [5.74, 6) is -0.619. The van der Waals surface area contributed by atoms with Crippen molar-refractivity contribution in [1.29, 1.82) is 0 Å². The Hall–Kier alpha value is -2.14. The first kappa shape index (κ1) is 12.9. The average Bonchev–Trinajstić information content (AvgIpc) is 3.05. The molecule has 0 radical (unpaired) electrons. The molecular weight excluding hydrogens is 258 g/mol. The van der Waals surface area contributed by atoms with Gasteiger partial charge in [-0.3, -0.25) is 0 Å². The minimum atomic E-state index is -1.09. The molecule has 3 rings (SSSR count). The molecule has 0 amide bonds. The zero-order valence-electron chi connectivity index (χ0n) is 11.1. The second-order valence-corrected chi connectivity index (χ2v) is 5.18. The van der Waals surface area contributed by atoms with Gasteiger partial charge in [0.25, 0.3) is 0 Å². The summed E-state index contributed by atoms with van der Waals surface area (Å²) in [5, 5.41) is 12.4. The van der Waals surface area contributed by atoms with Gasteiger partial charge < -0.3 is 14.4 Å². The van der Waals surface area contributed by atoms with Crippen molar-refractivity contribution >= 4 is 5.97 Å². The lowest BCUT2D eigenvalue weighted by Crippen LogP contribution is -2.13. The third-order valence-electron chi connectivity index (χ3n) is 3.76. The lowest BCUT2D eigenvalue weighted by Gasteiger charge is -2.14. The molecule has 5 heteroatoms. The SMILES string of the molecule is COCC1(c2cccc(-c3cc(C(=O)O)no3)c2)CC1. The summed E-state index contributed by atoms with van der Waals surface area (Å²) in [7, 11) is 1.71. The van der Waals surface area contributed by atoms with Crippen LogP contribution in [0, 0.1) is 0 Å². The maximum atomic E-state index is 10.8. The highest BCUT2D eigenvalue weighted by Crippen LogP contribution is 2.48. The second-order valence-electron chi connectivity index (χ2n) is 5.18. The topological polar surface area (TPSA) is 72.6 Å². The first-order valence-electron chi connectivity index (χ1n) is 6.44. The smallest absolute Gasteiger partial charge is 0.358 e. The lowest BCUT2D eigenvalue weighted by atomic mass is 9.94. The first-order chi connectivity index (χ1) is 9.64. The molecule has 0 unspecified atom stereocenters. The molecular formula is C15H15NO4. The Morgan fingerprint density at radius 1 is 1.45 bits per heavy atom. The van der Waals surface area contributed by atoms with Gasteiger partial charge in [0.15, 0.2) is 11.5 Å². The molecule has 1 heterocycles. The van der Waals surface area contributed by atoms with E-state index in [0.29, 0.717) is 12.4 Å². The van der Waals surface area contributed by atoms with Gasteiger partial charge in [-0.2, -0.15) is 0 Å². The molecule has 20 heavy (non-hydrogen) atoms. The zero-order valence-corrected chi connectivity index (χ0v) is 11.1. The van der Waals surface area contributed by atoms with Crippen molar-refractivity contribution in [3.05, 3.63) is 41.6 Å². The van der Waals surface area contributed by atoms with Gasteiger partial charge in [-0.05, 0) is 24.5 Å². The summed E-state index contributed by atoms with van der Waals surface area (Å²) in [4.78, 5) is 10.8. The van der Waals surface area contributed by atoms with Gasteiger partial charge in [-0.1, -0.05) is 23.4 Å². The number of ether oxygens (including phenoxy) is 1. The number of carboxylic acid groups (broad SMARTS) is 1. The molecule has 5 nitrogen and oxygen atoms in total. The Labute approximate surface area is 116 Å². The van der Waals surface area contributed by atoms with Crippen molar-refractivity contribution in [3.63, 3.8) is 0 Å². The van der Waals surface area contributed by atoms with Gasteiger partial charge in [0, 0.05) is 24.2 Å². The monoisotopic (exact) mass is 273 g/mol. The number of methoxy groups -OCH3 is 1. The van der Waals surface area contributed by atoms with Crippen LogP contribution < -0.4 is 0 Å². The molecule has 1 aliphatic carbocycles. The van der Waals surface area contributed by atoms with Crippen LogP contribution >= 0.6 is 0 Å². The van der Waals surface area contributed by atoms with Crippen LogP contribution in [0.4, 0.5) is 0 Å². The van der Waals surface area contributed by atoms with Crippen LogP contribution in [0.3, 0.4) is 0 Å². The molecule has 104 valence electrons. The Morgan fingerprint density at radius 2 is 2.25 bits per heavy atom. The summed E-state index contributed by atoms with van der Waals surface area (Å²) in [6.45, 7) is 0.702. The number of nitrogens with zero attached hydrogens (tertiary/aromatic N) is 1. The van der Waals surface area contributed by atoms with Crippen molar-refractivity contribution in [3.8, 4) is 11.3 Å². The molecule has 1 aromatic carbocycles. The van der Waals surface area contributed by atoms with Crippen molar-refractivity contribution in [2.45, 2.75) is 18.3 Å². The van der Waals surface area contributed by atoms with Gasteiger partial charge in [-0.15, -0.1) is 0 Å². The van der Waals surface area contributed by atoms with Crippen LogP contribution in [0.15, 0.2) is 34.9 Å². The highest BCUT2D eigenvalue weighted by molar-refractivity contribution is 5.86. The van der Waals surface area contributed by atoms with Crippen LogP contribution in [0.2, 0.25) is 0 Å². The zero-order chi connectivity index (χ0) is 14.2. The molecule has 1 fully saturated rings. The Balaban J connectivity index is 1.93. The minimum Gasteiger partial charge on any atom is -0.476 e. The first-order valence-corrected chi connectivity index (χ1v) is 6.44. The number of hydrogen-bond donors (Lipinski definition) is 1. The highest BCUT2D eigenvalue weighted by Gasteiger charge is 2.44. The molecule has 1 aliphatic rings. The van der Waals surface area contributed by atoms with Crippen LogP contribution in [-0.4, -0.2) is 29.9 Å². The maximum absolute atomic E-state index is 10.8. The van der Waals surface area contributed by atoms with E-state index in [1.54, 1.807) is 7.11 Å². The molecule has 1 saturated carbocycles. The van der Waals surface area contributed by atoms with E-state index >= 15 is 0 Å². The Kier molecular flexibility index (Phi) is 3.06. The van der Waals surface area contributed by atoms with Gasteiger partial charge in [0.2, 0.25) is 0 Å². The summed E-state index contributed by atoms with van der Waals surface area (Å²) in [6, 6.07) is 9.38. The summed E-state index contributed by atoms with van der Waals surface area (Å²) in [6.07, 6.45) is 2.22. The molecule has 0 saturated heterocycles.